The zero-order valence-electron chi connectivity index (χ0n) is 9.53. The van der Waals surface area contributed by atoms with Crippen molar-refractivity contribution in [2.75, 3.05) is 13.2 Å². The van der Waals surface area contributed by atoms with Crippen LogP contribution in [0.1, 0.15) is 33.1 Å². The first kappa shape index (κ1) is 12.5. The first-order chi connectivity index (χ1) is 7.13. The summed E-state index contributed by atoms with van der Waals surface area (Å²) in [5.41, 5.74) is 0. The van der Waals surface area contributed by atoms with Crippen molar-refractivity contribution in [2.24, 2.45) is 5.92 Å². The summed E-state index contributed by atoms with van der Waals surface area (Å²) in [5, 5.41) is 11.8. The fourth-order valence-electron chi connectivity index (χ4n) is 1.63. The molecule has 1 aliphatic rings. The van der Waals surface area contributed by atoms with Crippen molar-refractivity contribution in [1.82, 2.24) is 5.32 Å². The van der Waals surface area contributed by atoms with E-state index >= 15 is 0 Å². The van der Waals surface area contributed by atoms with Gasteiger partial charge in [-0.2, -0.15) is 0 Å². The van der Waals surface area contributed by atoms with Crippen LogP contribution in [0, 0.1) is 5.92 Å². The molecule has 0 spiro atoms. The van der Waals surface area contributed by atoms with Gasteiger partial charge < -0.3 is 15.2 Å². The molecule has 1 aliphatic heterocycles. The SMILES string of the molecule is CC(CO)C(C)NC(=O)CC1CCCO1. The van der Waals surface area contributed by atoms with Gasteiger partial charge in [-0.3, -0.25) is 4.79 Å². The predicted octanol–water partition coefficient (Wildman–Crippen LogP) is 0.689. The van der Waals surface area contributed by atoms with E-state index in [9.17, 15) is 4.79 Å². The summed E-state index contributed by atoms with van der Waals surface area (Å²) < 4.78 is 5.38. The molecule has 0 bridgehead atoms. The molecule has 0 aromatic carbocycles. The van der Waals surface area contributed by atoms with Crippen molar-refractivity contribution < 1.29 is 14.6 Å². The quantitative estimate of drug-likeness (QED) is 0.709. The number of rotatable bonds is 5. The molecule has 1 saturated heterocycles. The molecule has 0 aromatic rings. The van der Waals surface area contributed by atoms with E-state index in [4.69, 9.17) is 9.84 Å². The Morgan fingerprint density at radius 2 is 2.33 bits per heavy atom. The molecule has 1 fully saturated rings. The topological polar surface area (TPSA) is 58.6 Å². The largest absolute Gasteiger partial charge is 0.396 e. The molecule has 1 heterocycles. The van der Waals surface area contributed by atoms with E-state index in [-0.39, 0.29) is 30.6 Å². The summed E-state index contributed by atoms with van der Waals surface area (Å²) >= 11 is 0. The van der Waals surface area contributed by atoms with E-state index in [2.05, 4.69) is 5.32 Å². The maximum atomic E-state index is 11.6. The minimum absolute atomic E-state index is 0.0175. The van der Waals surface area contributed by atoms with Gasteiger partial charge in [-0.1, -0.05) is 6.92 Å². The molecule has 0 saturated carbocycles. The molecule has 0 aromatic heterocycles. The number of aliphatic hydroxyl groups excluding tert-OH is 1. The summed E-state index contributed by atoms with van der Waals surface area (Å²) in [4.78, 5) is 11.6. The lowest BCUT2D eigenvalue weighted by atomic mass is 10.0. The van der Waals surface area contributed by atoms with Crippen LogP contribution in [-0.4, -0.2) is 36.4 Å². The fourth-order valence-corrected chi connectivity index (χ4v) is 1.63. The molecule has 3 unspecified atom stereocenters. The second-order valence-electron chi connectivity index (χ2n) is 4.36. The number of nitrogens with one attached hydrogen (secondary N) is 1. The Labute approximate surface area is 91.0 Å². The van der Waals surface area contributed by atoms with Crippen LogP contribution in [0.2, 0.25) is 0 Å². The van der Waals surface area contributed by atoms with Crippen LogP contribution < -0.4 is 5.32 Å². The molecule has 2 N–H and O–H groups in total. The number of hydrogen-bond donors (Lipinski definition) is 2. The maximum absolute atomic E-state index is 11.6. The lowest BCUT2D eigenvalue weighted by Crippen LogP contribution is -2.39. The molecule has 15 heavy (non-hydrogen) atoms. The highest BCUT2D eigenvalue weighted by molar-refractivity contribution is 5.76. The van der Waals surface area contributed by atoms with Crippen LogP contribution in [0.15, 0.2) is 0 Å². The number of carbonyl (C=O) groups excluding carboxylic acids is 1. The molecule has 88 valence electrons. The predicted molar refractivity (Wildman–Crippen MR) is 57.4 cm³/mol. The lowest BCUT2D eigenvalue weighted by Gasteiger charge is -2.20. The van der Waals surface area contributed by atoms with Crippen LogP contribution in [0.3, 0.4) is 0 Å². The number of ether oxygens (including phenoxy) is 1. The Balaban J connectivity index is 2.22. The van der Waals surface area contributed by atoms with E-state index in [0.717, 1.165) is 19.4 Å². The van der Waals surface area contributed by atoms with Gasteiger partial charge in [0.15, 0.2) is 0 Å². The zero-order chi connectivity index (χ0) is 11.3. The van der Waals surface area contributed by atoms with Crippen LogP contribution >= 0.6 is 0 Å². The smallest absolute Gasteiger partial charge is 0.222 e. The van der Waals surface area contributed by atoms with Gasteiger partial charge in [0.05, 0.1) is 12.5 Å². The average molecular weight is 215 g/mol. The molecule has 0 radical (unpaired) electrons. The first-order valence-electron chi connectivity index (χ1n) is 5.65. The Hall–Kier alpha value is -0.610. The number of aliphatic hydroxyl groups is 1. The summed E-state index contributed by atoms with van der Waals surface area (Å²) in [5.74, 6) is 0.119. The lowest BCUT2D eigenvalue weighted by molar-refractivity contribution is -0.124. The van der Waals surface area contributed by atoms with Gasteiger partial charge >= 0.3 is 0 Å². The summed E-state index contributed by atoms with van der Waals surface area (Å²) in [6, 6.07) is 0.0175. The van der Waals surface area contributed by atoms with Gasteiger partial charge in [0, 0.05) is 19.3 Å². The molecule has 4 heteroatoms. The van der Waals surface area contributed by atoms with Gasteiger partial charge in [-0.05, 0) is 25.7 Å². The minimum atomic E-state index is 0.0175. The van der Waals surface area contributed by atoms with Crippen molar-refractivity contribution in [2.45, 2.75) is 45.3 Å². The average Bonchev–Trinajstić information content (AvgIpc) is 2.68. The van der Waals surface area contributed by atoms with Crippen molar-refractivity contribution in [3.8, 4) is 0 Å². The zero-order valence-corrected chi connectivity index (χ0v) is 9.53. The van der Waals surface area contributed by atoms with Crippen LogP contribution in [0.4, 0.5) is 0 Å². The fraction of sp³-hybridized carbons (Fsp3) is 0.909. The Morgan fingerprint density at radius 3 is 2.87 bits per heavy atom. The Morgan fingerprint density at radius 1 is 1.60 bits per heavy atom. The van der Waals surface area contributed by atoms with Crippen molar-refractivity contribution in [3.05, 3.63) is 0 Å². The second-order valence-corrected chi connectivity index (χ2v) is 4.36. The normalized spacial score (nSPS) is 24.9. The maximum Gasteiger partial charge on any atom is 0.222 e. The second kappa shape index (κ2) is 6.08. The summed E-state index contributed by atoms with van der Waals surface area (Å²) in [7, 11) is 0. The first-order valence-corrected chi connectivity index (χ1v) is 5.65. The van der Waals surface area contributed by atoms with E-state index in [1.807, 2.05) is 13.8 Å². The van der Waals surface area contributed by atoms with Gasteiger partial charge in [-0.15, -0.1) is 0 Å². The van der Waals surface area contributed by atoms with E-state index in [1.165, 1.54) is 0 Å². The number of carbonyl (C=O) groups is 1. The highest BCUT2D eigenvalue weighted by Crippen LogP contribution is 2.15. The van der Waals surface area contributed by atoms with Gasteiger partial charge in [0.25, 0.3) is 0 Å². The molecule has 0 aliphatic carbocycles. The number of amides is 1. The molecular formula is C11H21NO3. The van der Waals surface area contributed by atoms with Gasteiger partial charge in [0.1, 0.15) is 0 Å². The molecular weight excluding hydrogens is 194 g/mol. The van der Waals surface area contributed by atoms with E-state index in [0.29, 0.717) is 6.42 Å². The standard InChI is InChI=1S/C11H21NO3/c1-8(7-13)9(2)12-11(14)6-10-4-3-5-15-10/h8-10,13H,3-7H2,1-2H3,(H,12,14). The van der Waals surface area contributed by atoms with Crippen molar-refractivity contribution >= 4 is 5.91 Å². The minimum Gasteiger partial charge on any atom is -0.396 e. The Kier molecular flexibility index (Phi) is 5.05. The van der Waals surface area contributed by atoms with E-state index in [1.54, 1.807) is 0 Å². The molecule has 1 amide bonds. The third-order valence-corrected chi connectivity index (χ3v) is 2.97. The van der Waals surface area contributed by atoms with Gasteiger partial charge in [0.2, 0.25) is 5.91 Å². The van der Waals surface area contributed by atoms with Crippen LogP contribution in [0.25, 0.3) is 0 Å². The highest BCUT2D eigenvalue weighted by Gasteiger charge is 2.21. The monoisotopic (exact) mass is 215 g/mol. The summed E-state index contributed by atoms with van der Waals surface area (Å²) in [6.07, 6.45) is 2.59. The number of hydrogen-bond acceptors (Lipinski definition) is 3. The molecule has 1 rings (SSSR count). The Bertz CT molecular complexity index is 202. The third kappa shape index (κ3) is 4.18. The molecule has 3 atom stereocenters. The molecule has 4 nitrogen and oxygen atoms in total. The van der Waals surface area contributed by atoms with Crippen LogP contribution in [-0.2, 0) is 9.53 Å². The van der Waals surface area contributed by atoms with Crippen molar-refractivity contribution in [1.29, 1.82) is 0 Å². The van der Waals surface area contributed by atoms with Crippen LogP contribution in [0.5, 0.6) is 0 Å². The summed E-state index contributed by atoms with van der Waals surface area (Å²) in [6.45, 7) is 4.70. The third-order valence-electron chi connectivity index (χ3n) is 2.97. The van der Waals surface area contributed by atoms with E-state index < -0.39 is 0 Å². The van der Waals surface area contributed by atoms with Crippen molar-refractivity contribution in [3.63, 3.8) is 0 Å². The highest BCUT2D eigenvalue weighted by atomic mass is 16.5. The van der Waals surface area contributed by atoms with Gasteiger partial charge in [-0.25, -0.2) is 0 Å².